The van der Waals surface area contributed by atoms with Gasteiger partial charge in [-0.25, -0.2) is 4.98 Å². The molecule has 0 aliphatic heterocycles. The van der Waals surface area contributed by atoms with E-state index >= 15 is 0 Å². The Morgan fingerprint density at radius 2 is 2.07 bits per heavy atom. The van der Waals surface area contributed by atoms with Crippen LogP contribution in [0.1, 0.15) is 17.3 Å². The van der Waals surface area contributed by atoms with Gasteiger partial charge in [0.25, 0.3) is 5.91 Å². The molecular formula is C20H21N7O2. The number of aryl methyl sites for hydroxylation is 1. The monoisotopic (exact) mass is 391 g/mol. The largest absolute Gasteiger partial charge is 0.403 e. The summed E-state index contributed by atoms with van der Waals surface area (Å²) in [5, 5.41) is 4.86. The molecule has 9 nitrogen and oxygen atoms in total. The van der Waals surface area contributed by atoms with Crippen LogP contribution in [0.5, 0.6) is 0 Å². The second-order valence-electron chi connectivity index (χ2n) is 6.22. The lowest BCUT2D eigenvalue weighted by atomic mass is 10.1. The summed E-state index contributed by atoms with van der Waals surface area (Å²) < 4.78 is 1.53. The highest BCUT2D eigenvalue weighted by atomic mass is 16.2. The van der Waals surface area contributed by atoms with E-state index in [0.29, 0.717) is 12.2 Å². The maximum Gasteiger partial charge on any atom is 0.256 e. The summed E-state index contributed by atoms with van der Waals surface area (Å²) in [6.45, 7) is 6.16. The Hall–Kier alpha value is -4.14. The predicted octanol–water partition coefficient (Wildman–Crippen LogP) is -0.404. The van der Waals surface area contributed by atoms with E-state index in [0.717, 1.165) is 10.4 Å². The number of nitrogens with one attached hydrogen (secondary N) is 1. The molecule has 0 saturated carbocycles. The number of rotatable bonds is 5. The van der Waals surface area contributed by atoms with E-state index in [1.54, 1.807) is 6.08 Å². The van der Waals surface area contributed by atoms with Gasteiger partial charge in [0.05, 0.1) is 11.1 Å². The maximum atomic E-state index is 12.6. The molecule has 1 aromatic carbocycles. The number of anilines is 2. The van der Waals surface area contributed by atoms with Crippen LogP contribution in [0.15, 0.2) is 47.2 Å². The lowest BCUT2D eigenvalue weighted by Crippen LogP contribution is -2.28. The van der Waals surface area contributed by atoms with Crippen molar-refractivity contribution in [2.45, 2.75) is 13.5 Å². The minimum absolute atomic E-state index is 0.0331. The van der Waals surface area contributed by atoms with Gasteiger partial charge in [-0.3, -0.25) is 9.59 Å². The molecule has 0 spiro atoms. The first kappa shape index (κ1) is 19.6. The molecule has 0 aliphatic carbocycles. The summed E-state index contributed by atoms with van der Waals surface area (Å²) >= 11 is 0. The van der Waals surface area contributed by atoms with Crippen molar-refractivity contribution in [3.8, 4) is 0 Å². The second-order valence-corrected chi connectivity index (χ2v) is 6.22. The van der Waals surface area contributed by atoms with Crippen molar-refractivity contribution in [1.82, 2.24) is 14.5 Å². The van der Waals surface area contributed by atoms with Gasteiger partial charge < -0.3 is 27.1 Å². The number of allylic oxidation sites excluding steroid dienone is 1. The van der Waals surface area contributed by atoms with Crippen LogP contribution in [0.2, 0.25) is 0 Å². The lowest BCUT2D eigenvalue weighted by Gasteiger charge is -2.14. The number of benzene rings is 1. The molecule has 0 unspecified atom stereocenters. The van der Waals surface area contributed by atoms with Gasteiger partial charge >= 0.3 is 0 Å². The first-order valence-electron chi connectivity index (χ1n) is 8.80. The number of fused-ring (bicyclic) bond motifs is 1. The normalized spacial score (nSPS) is 12.3. The molecule has 0 atom stereocenters. The van der Waals surface area contributed by atoms with E-state index < -0.39 is 11.3 Å². The third kappa shape index (κ3) is 3.65. The van der Waals surface area contributed by atoms with Crippen LogP contribution in [0, 0.1) is 0 Å². The van der Waals surface area contributed by atoms with Crippen molar-refractivity contribution in [2.75, 3.05) is 11.1 Å². The molecular weight excluding hydrogens is 370 g/mol. The van der Waals surface area contributed by atoms with Gasteiger partial charge in [-0.15, -0.1) is 0 Å². The van der Waals surface area contributed by atoms with E-state index in [4.69, 9.17) is 17.2 Å². The molecule has 2 heterocycles. The number of carbonyl (C=O) groups is 1. The Morgan fingerprint density at radius 3 is 2.69 bits per heavy atom. The zero-order valence-electron chi connectivity index (χ0n) is 15.8. The van der Waals surface area contributed by atoms with Crippen molar-refractivity contribution in [3.63, 3.8) is 0 Å². The van der Waals surface area contributed by atoms with Crippen molar-refractivity contribution in [1.29, 1.82) is 0 Å². The number of primary amides is 1. The molecule has 148 valence electrons. The Balaban J connectivity index is 2.13. The number of hydrogen-bond acceptors (Lipinski definition) is 7. The molecule has 1 amide bonds. The number of aromatic nitrogens is 3. The summed E-state index contributed by atoms with van der Waals surface area (Å²) in [6.07, 6.45) is 4.50. The van der Waals surface area contributed by atoms with E-state index in [1.807, 2.05) is 31.2 Å². The van der Waals surface area contributed by atoms with Crippen LogP contribution < -0.4 is 38.4 Å². The molecule has 0 aliphatic rings. The minimum Gasteiger partial charge on any atom is -0.403 e. The molecule has 0 saturated heterocycles. The standard InChI is InChI=1S/C20H21N7O2/c1-3-27-17(22)15(18(23)29)16(28)14-10-24-20(26-19(14)27)25-13(9-21)8-12-7-5-4-6-11(12)2/h4-10H,2-3,21-22H2,1H3,(H2,23,29)(H,24,25,26)/b12-8-,13-9+. The molecule has 0 bridgehead atoms. The Morgan fingerprint density at radius 1 is 1.34 bits per heavy atom. The smallest absolute Gasteiger partial charge is 0.256 e. The zero-order chi connectivity index (χ0) is 21.1. The van der Waals surface area contributed by atoms with Gasteiger partial charge in [0.15, 0.2) is 5.65 Å². The fourth-order valence-electron chi connectivity index (χ4n) is 2.95. The Kier molecular flexibility index (Phi) is 5.31. The first-order chi connectivity index (χ1) is 13.9. The summed E-state index contributed by atoms with van der Waals surface area (Å²) in [4.78, 5) is 32.8. The molecule has 0 fully saturated rings. The molecule has 29 heavy (non-hydrogen) atoms. The Bertz CT molecular complexity index is 1310. The average Bonchev–Trinajstić information content (AvgIpc) is 2.69. The van der Waals surface area contributed by atoms with Crippen molar-refractivity contribution in [3.05, 3.63) is 68.6 Å². The van der Waals surface area contributed by atoms with E-state index in [1.165, 1.54) is 17.0 Å². The first-order valence-corrected chi connectivity index (χ1v) is 8.80. The number of pyridine rings is 1. The van der Waals surface area contributed by atoms with Gasteiger partial charge in [0.2, 0.25) is 11.4 Å². The molecule has 9 heteroatoms. The SMILES string of the molecule is C=c1cccc/c1=C/C(=C\N)Nc1ncc2c(=O)c(C(N)=O)c(N)n(CC)c2n1. The second kappa shape index (κ2) is 7.85. The van der Waals surface area contributed by atoms with E-state index in [9.17, 15) is 9.59 Å². The predicted molar refractivity (Wildman–Crippen MR) is 114 cm³/mol. The average molecular weight is 391 g/mol. The highest BCUT2D eigenvalue weighted by Crippen LogP contribution is 2.18. The number of nitrogen functional groups attached to an aromatic ring is 1. The fourth-order valence-corrected chi connectivity index (χ4v) is 2.95. The van der Waals surface area contributed by atoms with Crippen molar-refractivity contribution < 1.29 is 4.79 Å². The lowest BCUT2D eigenvalue weighted by molar-refractivity contribution is 0.1000. The van der Waals surface area contributed by atoms with Gasteiger partial charge in [-0.2, -0.15) is 4.98 Å². The van der Waals surface area contributed by atoms with Gasteiger partial charge in [-0.05, 0) is 23.4 Å². The summed E-state index contributed by atoms with van der Waals surface area (Å²) in [5.41, 5.74) is 17.0. The van der Waals surface area contributed by atoms with Crippen molar-refractivity contribution >= 4 is 41.4 Å². The molecule has 3 rings (SSSR count). The number of amides is 1. The summed E-state index contributed by atoms with van der Waals surface area (Å²) in [7, 11) is 0. The Labute approximate surface area is 165 Å². The minimum atomic E-state index is -0.895. The van der Waals surface area contributed by atoms with E-state index in [-0.39, 0.29) is 28.4 Å². The fraction of sp³-hybridized carbons (Fsp3) is 0.100. The highest BCUT2D eigenvalue weighted by Gasteiger charge is 2.19. The van der Waals surface area contributed by atoms with E-state index in [2.05, 4.69) is 21.9 Å². The third-order valence-corrected chi connectivity index (χ3v) is 4.41. The number of hydrogen-bond donors (Lipinski definition) is 4. The quantitative estimate of drug-likeness (QED) is 0.461. The van der Waals surface area contributed by atoms with Crippen LogP contribution >= 0.6 is 0 Å². The van der Waals surface area contributed by atoms with Crippen molar-refractivity contribution in [2.24, 2.45) is 11.5 Å². The summed E-state index contributed by atoms with van der Waals surface area (Å²) in [6, 6.07) is 7.56. The molecule has 2 aromatic heterocycles. The third-order valence-electron chi connectivity index (χ3n) is 4.41. The topological polar surface area (TPSA) is 155 Å². The maximum absolute atomic E-state index is 12.6. The molecule has 7 N–H and O–H groups in total. The van der Waals surface area contributed by atoms with Gasteiger partial charge in [0, 0.05) is 18.9 Å². The summed E-state index contributed by atoms with van der Waals surface area (Å²) in [5.74, 6) is -0.720. The van der Waals surface area contributed by atoms with Crippen LogP contribution in [-0.4, -0.2) is 20.4 Å². The molecule has 0 radical (unpaired) electrons. The number of nitrogens with zero attached hydrogens (tertiary/aromatic N) is 3. The zero-order valence-corrected chi connectivity index (χ0v) is 15.8. The van der Waals surface area contributed by atoms with Crippen LogP contribution in [0.25, 0.3) is 23.7 Å². The van der Waals surface area contributed by atoms with Crippen LogP contribution in [0.3, 0.4) is 0 Å². The highest BCUT2D eigenvalue weighted by molar-refractivity contribution is 6.00. The number of nitrogens with two attached hydrogens (primary N) is 3. The number of carbonyl (C=O) groups excluding carboxylic acids is 1. The van der Waals surface area contributed by atoms with Gasteiger partial charge in [0.1, 0.15) is 11.4 Å². The van der Waals surface area contributed by atoms with Crippen LogP contribution in [0.4, 0.5) is 11.8 Å². The van der Waals surface area contributed by atoms with Gasteiger partial charge in [-0.1, -0.05) is 30.8 Å². The molecule has 3 aromatic rings. The van der Waals surface area contributed by atoms with Crippen LogP contribution in [-0.2, 0) is 6.54 Å².